The van der Waals surface area contributed by atoms with Crippen molar-refractivity contribution in [2.24, 2.45) is 5.73 Å². The van der Waals surface area contributed by atoms with Crippen molar-refractivity contribution >= 4 is 5.91 Å². The molecule has 0 saturated heterocycles. The van der Waals surface area contributed by atoms with Crippen LogP contribution in [0.4, 0.5) is 0 Å². The maximum absolute atomic E-state index is 12.0. The third-order valence-corrected chi connectivity index (χ3v) is 9.80. The van der Waals surface area contributed by atoms with Gasteiger partial charge < -0.3 is 11.1 Å². The molecule has 0 aliphatic rings. The Labute approximate surface area is 292 Å². The van der Waals surface area contributed by atoms with Gasteiger partial charge in [0.2, 0.25) is 5.91 Å². The molecule has 1 unspecified atom stereocenters. The highest BCUT2D eigenvalue weighted by Gasteiger charge is 2.12. The number of nitrogens with one attached hydrogen (secondary N) is 1. The quantitative estimate of drug-likeness (QED) is 0.0523. The van der Waals surface area contributed by atoms with Crippen molar-refractivity contribution in [3.05, 3.63) is 0 Å². The summed E-state index contributed by atoms with van der Waals surface area (Å²) < 4.78 is 0. The first-order valence-electron chi connectivity index (χ1n) is 21.3. The summed E-state index contributed by atoms with van der Waals surface area (Å²) in [5, 5.41) is 3.12. The molecule has 0 rings (SSSR count). The number of carbonyl (C=O) groups excluding carboxylic acids is 1. The van der Waals surface area contributed by atoms with Crippen LogP contribution in [0.5, 0.6) is 0 Å². The SMILES string of the molecule is CCCCCCCCCCCCCCCCCC(=O)NC(C)N(CC)CC.CCCCCCCCCCCCCCCCCCN. The fourth-order valence-corrected chi connectivity index (χ4v) is 6.52. The van der Waals surface area contributed by atoms with Crippen LogP contribution in [0.1, 0.15) is 240 Å². The van der Waals surface area contributed by atoms with E-state index in [1.165, 1.54) is 193 Å². The van der Waals surface area contributed by atoms with Gasteiger partial charge in [0.1, 0.15) is 0 Å². The molecule has 0 aliphatic carbocycles. The number of rotatable bonds is 36. The van der Waals surface area contributed by atoms with E-state index in [4.69, 9.17) is 5.73 Å². The molecule has 0 bridgehead atoms. The lowest BCUT2D eigenvalue weighted by atomic mass is 10.0. The number of hydrogen-bond acceptors (Lipinski definition) is 3. The smallest absolute Gasteiger partial charge is 0.221 e. The van der Waals surface area contributed by atoms with Crippen LogP contribution in [-0.4, -0.2) is 36.6 Å². The van der Waals surface area contributed by atoms with Gasteiger partial charge in [-0.05, 0) is 39.4 Å². The Balaban J connectivity index is 0. The van der Waals surface area contributed by atoms with E-state index >= 15 is 0 Å². The van der Waals surface area contributed by atoms with Crippen LogP contribution in [0.15, 0.2) is 0 Å². The Kier molecular flexibility index (Phi) is 43.8. The molecule has 0 saturated carbocycles. The molecular formula is C42H89N3O. The number of nitrogens with zero attached hydrogens (tertiary/aromatic N) is 1. The van der Waals surface area contributed by atoms with E-state index in [1.807, 2.05) is 0 Å². The maximum Gasteiger partial charge on any atom is 0.221 e. The second-order valence-electron chi connectivity index (χ2n) is 14.3. The lowest BCUT2D eigenvalue weighted by Gasteiger charge is -2.27. The first-order valence-corrected chi connectivity index (χ1v) is 21.3. The van der Waals surface area contributed by atoms with Crippen molar-refractivity contribution < 1.29 is 4.79 Å². The standard InChI is InChI=1S/C24H50N2O.C18H39N/c1-5-8-9-10-11-12-13-14-15-16-17-18-19-20-21-22-24(27)25-23(4)26(6-2)7-3;1-2-3-4-5-6-7-8-9-10-11-12-13-14-15-16-17-18-19/h23H,5-22H2,1-4H3,(H,25,27);2-19H2,1H3. The summed E-state index contributed by atoms with van der Waals surface area (Å²) in [6.45, 7) is 13.8. The molecular weight excluding hydrogens is 562 g/mol. The third-order valence-electron chi connectivity index (χ3n) is 9.80. The molecule has 46 heavy (non-hydrogen) atoms. The normalized spacial score (nSPS) is 11.9. The van der Waals surface area contributed by atoms with E-state index in [9.17, 15) is 4.79 Å². The second kappa shape index (κ2) is 42.4. The van der Waals surface area contributed by atoms with Gasteiger partial charge in [0, 0.05) is 6.42 Å². The van der Waals surface area contributed by atoms with E-state index < -0.39 is 0 Å². The van der Waals surface area contributed by atoms with Gasteiger partial charge >= 0.3 is 0 Å². The summed E-state index contributed by atoms with van der Waals surface area (Å²) in [7, 11) is 0. The van der Waals surface area contributed by atoms with Gasteiger partial charge in [0.15, 0.2) is 0 Å². The number of carbonyl (C=O) groups is 1. The molecule has 0 aliphatic heterocycles. The lowest BCUT2D eigenvalue weighted by molar-refractivity contribution is -0.123. The molecule has 0 radical (unpaired) electrons. The summed E-state index contributed by atoms with van der Waals surface area (Å²) in [6, 6.07) is 0. The highest BCUT2D eigenvalue weighted by atomic mass is 16.1. The van der Waals surface area contributed by atoms with Crippen molar-refractivity contribution in [2.45, 2.75) is 246 Å². The predicted octanol–water partition coefficient (Wildman–Crippen LogP) is 13.3. The van der Waals surface area contributed by atoms with Crippen molar-refractivity contribution in [1.82, 2.24) is 10.2 Å². The molecule has 0 aromatic heterocycles. The second-order valence-corrected chi connectivity index (χ2v) is 14.3. The van der Waals surface area contributed by atoms with Crippen molar-refractivity contribution in [3.63, 3.8) is 0 Å². The zero-order valence-electron chi connectivity index (χ0n) is 32.8. The number of unbranched alkanes of at least 4 members (excludes halogenated alkanes) is 29. The molecule has 0 aromatic carbocycles. The fraction of sp³-hybridized carbons (Fsp3) is 0.976. The minimum atomic E-state index is 0.156. The molecule has 1 amide bonds. The summed E-state index contributed by atoms with van der Waals surface area (Å²) in [5.41, 5.74) is 5.48. The molecule has 0 spiro atoms. The van der Waals surface area contributed by atoms with Crippen molar-refractivity contribution in [2.75, 3.05) is 19.6 Å². The molecule has 3 N–H and O–H groups in total. The first-order chi connectivity index (χ1) is 22.6. The van der Waals surface area contributed by atoms with Crippen LogP contribution in [0.25, 0.3) is 0 Å². The Hall–Kier alpha value is -0.610. The predicted molar refractivity (Wildman–Crippen MR) is 209 cm³/mol. The van der Waals surface area contributed by atoms with Crippen LogP contribution in [0.2, 0.25) is 0 Å². The first kappa shape index (κ1) is 47.5. The summed E-state index contributed by atoms with van der Waals surface area (Å²) >= 11 is 0. The zero-order valence-corrected chi connectivity index (χ0v) is 32.8. The molecule has 0 aromatic rings. The Morgan fingerprint density at radius 2 is 0.717 bits per heavy atom. The van der Waals surface area contributed by atoms with Gasteiger partial charge in [0.05, 0.1) is 6.17 Å². The minimum absolute atomic E-state index is 0.156. The molecule has 1 atom stereocenters. The molecule has 0 heterocycles. The monoisotopic (exact) mass is 652 g/mol. The topological polar surface area (TPSA) is 58.4 Å². The summed E-state index contributed by atoms with van der Waals surface area (Å²) in [6.07, 6.45) is 44.2. The van der Waals surface area contributed by atoms with E-state index in [-0.39, 0.29) is 12.1 Å². The van der Waals surface area contributed by atoms with Gasteiger partial charge in [-0.25, -0.2) is 0 Å². The minimum Gasteiger partial charge on any atom is -0.341 e. The largest absolute Gasteiger partial charge is 0.341 e. The van der Waals surface area contributed by atoms with Crippen LogP contribution in [0, 0.1) is 0 Å². The van der Waals surface area contributed by atoms with E-state index in [0.29, 0.717) is 6.42 Å². The highest BCUT2D eigenvalue weighted by molar-refractivity contribution is 5.76. The maximum atomic E-state index is 12.0. The van der Waals surface area contributed by atoms with Gasteiger partial charge in [-0.2, -0.15) is 0 Å². The Bertz CT molecular complexity index is 535. The van der Waals surface area contributed by atoms with Crippen molar-refractivity contribution in [1.29, 1.82) is 0 Å². The van der Waals surface area contributed by atoms with Crippen molar-refractivity contribution in [3.8, 4) is 0 Å². The highest BCUT2D eigenvalue weighted by Crippen LogP contribution is 2.15. The van der Waals surface area contributed by atoms with Gasteiger partial charge in [-0.3, -0.25) is 9.69 Å². The van der Waals surface area contributed by atoms with Crippen LogP contribution in [0.3, 0.4) is 0 Å². The Morgan fingerprint density at radius 1 is 0.457 bits per heavy atom. The Morgan fingerprint density at radius 3 is 0.978 bits per heavy atom. The van der Waals surface area contributed by atoms with E-state index in [2.05, 4.69) is 44.8 Å². The lowest BCUT2D eigenvalue weighted by Crippen LogP contribution is -2.45. The van der Waals surface area contributed by atoms with E-state index in [0.717, 1.165) is 26.1 Å². The average Bonchev–Trinajstić information content (AvgIpc) is 3.05. The summed E-state index contributed by atoms with van der Waals surface area (Å²) in [4.78, 5) is 14.3. The van der Waals surface area contributed by atoms with Crippen LogP contribution < -0.4 is 11.1 Å². The number of amides is 1. The van der Waals surface area contributed by atoms with Gasteiger partial charge in [-0.15, -0.1) is 0 Å². The van der Waals surface area contributed by atoms with Crippen LogP contribution in [-0.2, 0) is 4.79 Å². The molecule has 4 heteroatoms. The number of nitrogens with two attached hydrogens (primary N) is 1. The van der Waals surface area contributed by atoms with Crippen LogP contribution >= 0.6 is 0 Å². The third kappa shape index (κ3) is 39.6. The van der Waals surface area contributed by atoms with E-state index in [1.54, 1.807) is 0 Å². The molecule has 4 nitrogen and oxygen atoms in total. The van der Waals surface area contributed by atoms with Gasteiger partial charge in [-0.1, -0.05) is 214 Å². The number of hydrogen-bond donors (Lipinski definition) is 2. The fourth-order valence-electron chi connectivity index (χ4n) is 6.52. The zero-order chi connectivity index (χ0) is 34.2. The average molecular weight is 652 g/mol. The summed E-state index contributed by atoms with van der Waals surface area (Å²) in [5.74, 6) is 0.212. The molecule has 0 fully saturated rings. The van der Waals surface area contributed by atoms with Gasteiger partial charge in [0.25, 0.3) is 0 Å². The molecule has 278 valence electrons.